The third-order valence-electron chi connectivity index (χ3n) is 5.58. The van der Waals surface area contributed by atoms with Gasteiger partial charge >= 0.3 is 20.7 Å². The molecule has 0 spiro atoms. The van der Waals surface area contributed by atoms with E-state index in [-0.39, 0.29) is 23.8 Å². The van der Waals surface area contributed by atoms with Crippen LogP contribution in [0.5, 0.6) is 0 Å². The first-order valence-electron chi connectivity index (χ1n) is 8.08. The Bertz CT molecular complexity index is 474. The lowest BCUT2D eigenvalue weighted by atomic mass is 9.81. The number of rotatable bonds is 8. The van der Waals surface area contributed by atoms with Gasteiger partial charge in [-0.05, 0) is 36.9 Å². The first-order chi connectivity index (χ1) is 11.0. The highest BCUT2D eigenvalue weighted by Crippen LogP contribution is 2.58. The maximum Gasteiger partial charge on any atom is 0.500 e. The summed E-state index contributed by atoms with van der Waals surface area (Å²) in [5, 5.41) is 0.461. The Morgan fingerprint density at radius 3 is 2.39 bits per heavy atom. The van der Waals surface area contributed by atoms with Crippen molar-refractivity contribution in [3.8, 4) is 0 Å². The Balaban J connectivity index is 1.48. The van der Waals surface area contributed by atoms with Crippen LogP contribution in [0, 0.1) is 23.7 Å². The molecule has 8 heteroatoms. The van der Waals surface area contributed by atoms with Crippen LogP contribution in [0.2, 0.25) is 6.04 Å². The lowest BCUT2D eigenvalue weighted by Crippen LogP contribution is -2.42. The summed E-state index contributed by atoms with van der Waals surface area (Å²) >= 11 is 1.91. The van der Waals surface area contributed by atoms with Crippen molar-refractivity contribution in [3.05, 3.63) is 0 Å². The predicted octanol–water partition coefficient (Wildman–Crippen LogP) is 1.71. The maximum atomic E-state index is 11.9. The standard InChI is InChI=1S/C15H24O6SSi/c1-18-23(19-2,20-3)6-4-5-22-11-8-9-7-10(11)13-12(9)14(16)21-15(13)17/h9-13H,4-8H2,1-3H3. The van der Waals surface area contributed by atoms with Gasteiger partial charge in [-0.15, -0.1) is 0 Å². The largest absolute Gasteiger partial charge is 0.500 e. The molecule has 5 unspecified atom stereocenters. The molecule has 0 aromatic carbocycles. The fourth-order valence-electron chi connectivity index (χ4n) is 4.47. The van der Waals surface area contributed by atoms with Crippen LogP contribution in [0.4, 0.5) is 0 Å². The van der Waals surface area contributed by atoms with E-state index in [4.69, 9.17) is 18.0 Å². The molecule has 1 heterocycles. The minimum atomic E-state index is -2.48. The predicted molar refractivity (Wildman–Crippen MR) is 86.7 cm³/mol. The number of carbonyl (C=O) groups is 2. The molecule has 2 bridgehead atoms. The van der Waals surface area contributed by atoms with Gasteiger partial charge in [0.25, 0.3) is 0 Å². The van der Waals surface area contributed by atoms with Gasteiger partial charge in [0.2, 0.25) is 0 Å². The van der Waals surface area contributed by atoms with Gasteiger partial charge in [0.05, 0.1) is 11.8 Å². The lowest BCUT2D eigenvalue weighted by molar-refractivity contribution is -0.154. The zero-order valence-electron chi connectivity index (χ0n) is 13.8. The molecular formula is C15H24O6SSi. The van der Waals surface area contributed by atoms with Crippen molar-refractivity contribution in [3.63, 3.8) is 0 Å². The highest BCUT2D eigenvalue weighted by atomic mass is 32.2. The van der Waals surface area contributed by atoms with Crippen molar-refractivity contribution in [2.24, 2.45) is 23.7 Å². The highest BCUT2D eigenvalue weighted by Gasteiger charge is 2.62. The first-order valence-corrected chi connectivity index (χ1v) is 11.1. The molecule has 3 fully saturated rings. The van der Waals surface area contributed by atoms with Crippen LogP contribution in [0.15, 0.2) is 0 Å². The van der Waals surface area contributed by atoms with Gasteiger partial charge in [0.1, 0.15) is 0 Å². The second-order valence-electron chi connectivity index (χ2n) is 6.50. The van der Waals surface area contributed by atoms with Crippen molar-refractivity contribution in [1.82, 2.24) is 0 Å². The van der Waals surface area contributed by atoms with Gasteiger partial charge in [-0.2, -0.15) is 11.8 Å². The second kappa shape index (κ2) is 6.83. The Hall–Kier alpha value is -0.413. The lowest BCUT2D eigenvalue weighted by Gasteiger charge is -2.28. The number of hydrogen-bond acceptors (Lipinski definition) is 7. The van der Waals surface area contributed by atoms with Crippen molar-refractivity contribution in [2.45, 2.75) is 30.6 Å². The molecule has 6 nitrogen and oxygen atoms in total. The second-order valence-corrected chi connectivity index (χ2v) is 10.9. The minimum Gasteiger partial charge on any atom is -0.393 e. The number of hydrogen-bond donors (Lipinski definition) is 0. The zero-order valence-corrected chi connectivity index (χ0v) is 15.6. The Kier molecular flexibility index (Phi) is 5.17. The van der Waals surface area contributed by atoms with E-state index in [9.17, 15) is 9.59 Å². The van der Waals surface area contributed by atoms with E-state index in [1.807, 2.05) is 11.8 Å². The summed E-state index contributed by atoms with van der Waals surface area (Å²) in [6, 6.07) is 0.789. The maximum absolute atomic E-state index is 11.9. The molecule has 0 aromatic heterocycles. The van der Waals surface area contributed by atoms with Gasteiger partial charge in [-0.25, -0.2) is 0 Å². The SMILES string of the molecule is CO[Si](CCCSC1CC2CC1C1C(=O)OC(=O)C21)(OC)OC. The third-order valence-corrected chi connectivity index (χ3v) is 9.91. The van der Waals surface area contributed by atoms with Crippen molar-refractivity contribution < 1.29 is 27.6 Å². The number of esters is 2. The number of carbonyl (C=O) groups excluding carboxylic acids is 2. The van der Waals surface area contributed by atoms with E-state index in [2.05, 4.69) is 0 Å². The van der Waals surface area contributed by atoms with Crippen LogP contribution in [-0.4, -0.2) is 53.1 Å². The van der Waals surface area contributed by atoms with E-state index in [1.54, 1.807) is 21.3 Å². The molecule has 130 valence electrons. The molecule has 0 N–H and O–H groups in total. The van der Waals surface area contributed by atoms with Crippen LogP contribution in [0.3, 0.4) is 0 Å². The topological polar surface area (TPSA) is 71.1 Å². The van der Waals surface area contributed by atoms with Gasteiger partial charge in [0.15, 0.2) is 0 Å². The Morgan fingerprint density at radius 2 is 1.74 bits per heavy atom. The zero-order chi connectivity index (χ0) is 16.6. The molecule has 2 aliphatic carbocycles. The van der Waals surface area contributed by atoms with Crippen LogP contribution in [0.25, 0.3) is 0 Å². The molecule has 0 radical (unpaired) electrons. The number of cyclic esters (lactones) is 2. The Morgan fingerprint density at radius 1 is 1.09 bits per heavy atom. The molecular weight excluding hydrogens is 336 g/mol. The minimum absolute atomic E-state index is 0.153. The van der Waals surface area contributed by atoms with Crippen molar-refractivity contribution in [2.75, 3.05) is 27.1 Å². The number of ether oxygens (including phenoxy) is 1. The summed E-state index contributed by atoms with van der Waals surface area (Å²) in [6.07, 6.45) is 2.98. The van der Waals surface area contributed by atoms with Crippen molar-refractivity contribution in [1.29, 1.82) is 0 Å². The molecule has 2 saturated carbocycles. The highest BCUT2D eigenvalue weighted by molar-refractivity contribution is 7.99. The number of fused-ring (bicyclic) bond motifs is 5. The molecule has 23 heavy (non-hydrogen) atoms. The van der Waals surface area contributed by atoms with E-state index >= 15 is 0 Å². The molecule has 1 saturated heterocycles. The number of thioether (sulfide) groups is 1. The molecule has 0 amide bonds. The Labute approximate surface area is 141 Å². The average Bonchev–Trinajstić information content (AvgIpc) is 3.21. The monoisotopic (exact) mass is 360 g/mol. The quantitative estimate of drug-likeness (QED) is 0.282. The first kappa shape index (κ1) is 17.4. The summed E-state index contributed by atoms with van der Waals surface area (Å²) in [5.41, 5.74) is 0. The van der Waals surface area contributed by atoms with E-state index in [0.29, 0.717) is 17.1 Å². The fourth-order valence-corrected chi connectivity index (χ4v) is 7.97. The summed E-state index contributed by atoms with van der Waals surface area (Å²) in [4.78, 5) is 23.6. The molecule has 1 aliphatic heterocycles. The van der Waals surface area contributed by atoms with Gasteiger partial charge < -0.3 is 18.0 Å². The summed E-state index contributed by atoms with van der Waals surface area (Å²) in [6.45, 7) is 0. The van der Waals surface area contributed by atoms with Gasteiger partial charge in [-0.3, -0.25) is 9.59 Å². The van der Waals surface area contributed by atoms with Crippen LogP contribution in [0.1, 0.15) is 19.3 Å². The molecule has 0 aromatic rings. The van der Waals surface area contributed by atoms with Gasteiger partial charge in [-0.1, -0.05) is 0 Å². The third kappa shape index (κ3) is 2.99. The van der Waals surface area contributed by atoms with Crippen LogP contribution in [-0.2, 0) is 27.6 Å². The normalized spacial score (nSPS) is 35.7. The van der Waals surface area contributed by atoms with Crippen molar-refractivity contribution >= 4 is 32.5 Å². The summed E-state index contributed by atoms with van der Waals surface area (Å²) in [7, 11) is 2.41. The average molecular weight is 361 g/mol. The molecule has 5 atom stereocenters. The van der Waals surface area contributed by atoms with Gasteiger partial charge in [0, 0.05) is 32.6 Å². The summed E-state index contributed by atoms with van der Waals surface area (Å²) < 4.78 is 21.1. The fraction of sp³-hybridized carbons (Fsp3) is 0.867. The molecule has 3 rings (SSSR count). The van der Waals surface area contributed by atoms with Crippen LogP contribution >= 0.6 is 11.8 Å². The van der Waals surface area contributed by atoms with E-state index in [0.717, 1.165) is 31.1 Å². The smallest absolute Gasteiger partial charge is 0.393 e. The van der Waals surface area contributed by atoms with E-state index in [1.165, 1.54) is 0 Å². The summed E-state index contributed by atoms with van der Waals surface area (Å²) in [5.74, 6) is 0.729. The molecule has 3 aliphatic rings. The van der Waals surface area contributed by atoms with Crippen LogP contribution < -0.4 is 0 Å². The van der Waals surface area contributed by atoms with E-state index < -0.39 is 8.80 Å².